The average molecular weight is 360 g/mol. The van der Waals surface area contributed by atoms with Crippen molar-refractivity contribution in [3.63, 3.8) is 0 Å². The molecule has 25 heavy (non-hydrogen) atoms. The Morgan fingerprint density at radius 1 is 1.00 bits per heavy atom. The number of carbonyl (C=O) groups excluding carboxylic acids is 2. The summed E-state index contributed by atoms with van der Waals surface area (Å²) in [5, 5.41) is 14.9. The van der Waals surface area contributed by atoms with Crippen molar-refractivity contribution in [1.29, 1.82) is 0 Å². The van der Waals surface area contributed by atoms with Gasteiger partial charge in [-0.05, 0) is 12.8 Å². The predicted octanol–water partition coefficient (Wildman–Crippen LogP) is 3.25. The third kappa shape index (κ3) is 5.09. The molecule has 0 aliphatic carbocycles. The van der Waals surface area contributed by atoms with E-state index in [1.807, 2.05) is 45.0 Å². The molecule has 1 heterocycles. The molecule has 0 spiro atoms. The molecule has 1 aromatic carbocycles. The van der Waals surface area contributed by atoms with Gasteiger partial charge < -0.3 is 5.32 Å². The van der Waals surface area contributed by atoms with Crippen LogP contribution in [0.2, 0.25) is 0 Å². The molecule has 0 fully saturated rings. The van der Waals surface area contributed by atoms with Crippen LogP contribution in [0.4, 0.5) is 5.13 Å². The maximum atomic E-state index is 12.5. The van der Waals surface area contributed by atoms with Crippen molar-refractivity contribution in [2.45, 2.75) is 40.7 Å². The molecule has 6 nitrogen and oxygen atoms in total. The molecule has 1 unspecified atom stereocenters. The first-order valence-electron chi connectivity index (χ1n) is 8.29. The monoisotopic (exact) mass is 360 g/mol. The van der Waals surface area contributed by atoms with Crippen molar-refractivity contribution in [1.82, 2.24) is 15.5 Å². The summed E-state index contributed by atoms with van der Waals surface area (Å²) in [4.78, 5) is 24.4. The lowest BCUT2D eigenvalue weighted by Gasteiger charge is -2.21. The van der Waals surface area contributed by atoms with Gasteiger partial charge in [-0.1, -0.05) is 68.9 Å². The molecule has 0 aliphatic rings. The van der Waals surface area contributed by atoms with E-state index in [0.29, 0.717) is 5.13 Å². The lowest BCUT2D eigenvalue weighted by molar-refractivity contribution is -0.129. The van der Waals surface area contributed by atoms with Crippen LogP contribution in [-0.2, 0) is 9.59 Å². The van der Waals surface area contributed by atoms with E-state index >= 15 is 0 Å². The van der Waals surface area contributed by atoms with Gasteiger partial charge in [0.05, 0.1) is 0 Å². The lowest BCUT2D eigenvalue weighted by atomic mass is 10.0. The normalized spacial score (nSPS) is 12.3. The van der Waals surface area contributed by atoms with Crippen molar-refractivity contribution in [2.75, 3.05) is 5.32 Å². The van der Waals surface area contributed by atoms with Crippen LogP contribution >= 0.6 is 11.3 Å². The first kappa shape index (κ1) is 19.1. The number of aryl methyl sites for hydroxylation is 1. The maximum Gasteiger partial charge on any atom is 0.249 e. The standard InChI is InChI=1S/C18H24N4O2S/c1-10(2)14(19-15(23)11(3)4)16(24)20-18-22-21-17(25-18)13-8-6-12(5)7-9-13/h6-11,14H,1-5H3,(H,19,23)(H,20,22,24). The Bertz CT molecular complexity index is 738. The van der Waals surface area contributed by atoms with Crippen LogP contribution in [0.15, 0.2) is 24.3 Å². The van der Waals surface area contributed by atoms with E-state index in [0.717, 1.165) is 10.6 Å². The van der Waals surface area contributed by atoms with E-state index in [9.17, 15) is 9.59 Å². The topological polar surface area (TPSA) is 84.0 Å². The third-order valence-electron chi connectivity index (χ3n) is 3.72. The highest BCUT2D eigenvalue weighted by Crippen LogP contribution is 2.26. The highest BCUT2D eigenvalue weighted by Gasteiger charge is 2.26. The molecule has 2 amide bonds. The van der Waals surface area contributed by atoms with Crippen LogP contribution in [0, 0.1) is 18.8 Å². The number of nitrogens with zero attached hydrogens (tertiary/aromatic N) is 2. The Kier molecular flexibility index (Phi) is 6.25. The van der Waals surface area contributed by atoms with Crippen LogP contribution in [0.3, 0.4) is 0 Å². The zero-order chi connectivity index (χ0) is 18.6. The van der Waals surface area contributed by atoms with Gasteiger partial charge in [0.2, 0.25) is 16.9 Å². The molecule has 2 aromatic rings. The van der Waals surface area contributed by atoms with E-state index in [2.05, 4.69) is 20.8 Å². The molecule has 1 atom stereocenters. The zero-order valence-corrected chi connectivity index (χ0v) is 16.0. The van der Waals surface area contributed by atoms with Crippen molar-refractivity contribution in [2.24, 2.45) is 11.8 Å². The fourth-order valence-electron chi connectivity index (χ4n) is 2.12. The van der Waals surface area contributed by atoms with Crippen molar-refractivity contribution < 1.29 is 9.59 Å². The van der Waals surface area contributed by atoms with E-state index in [1.54, 1.807) is 13.8 Å². The molecule has 0 radical (unpaired) electrons. The smallest absolute Gasteiger partial charge is 0.249 e. The Balaban J connectivity index is 2.08. The maximum absolute atomic E-state index is 12.5. The fraction of sp³-hybridized carbons (Fsp3) is 0.444. The number of hydrogen-bond donors (Lipinski definition) is 2. The predicted molar refractivity (Wildman–Crippen MR) is 100 cm³/mol. The van der Waals surface area contributed by atoms with Crippen LogP contribution < -0.4 is 10.6 Å². The van der Waals surface area contributed by atoms with E-state index in [-0.39, 0.29) is 23.7 Å². The minimum absolute atomic E-state index is 0.0350. The second-order valence-corrected chi connectivity index (χ2v) is 7.63. The molecular formula is C18H24N4O2S. The number of rotatable bonds is 6. The van der Waals surface area contributed by atoms with Crippen molar-refractivity contribution in [3.8, 4) is 10.6 Å². The highest BCUT2D eigenvalue weighted by atomic mass is 32.1. The number of amides is 2. The van der Waals surface area contributed by atoms with Gasteiger partial charge in [-0.25, -0.2) is 0 Å². The first-order chi connectivity index (χ1) is 11.8. The largest absolute Gasteiger partial charge is 0.344 e. The number of carbonyl (C=O) groups is 2. The fourth-order valence-corrected chi connectivity index (χ4v) is 2.88. The number of hydrogen-bond acceptors (Lipinski definition) is 5. The third-order valence-corrected chi connectivity index (χ3v) is 4.61. The summed E-state index contributed by atoms with van der Waals surface area (Å²) >= 11 is 1.31. The Morgan fingerprint density at radius 2 is 1.64 bits per heavy atom. The molecular weight excluding hydrogens is 336 g/mol. The molecule has 2 rings (SSSR count). The number of aromatic nitrogens is 2. The Morgan fingerprint density at radius 3 is 2.20 bits per heavy atom. The van der Waals surface area contributed by atoms with Gasteiger partial charge in [-0.15, -0.1) is 10.2 Å². The second-order valence-electron chi connectivity index (χ2n) is 6.65. The zero-order valence-electron chi connectivity index (χ0n) is 15.2. The van der Waals surface area contributed by atoms with E-state index in [1.165, 1.54) is 16.9 Å². The molecule has 0 saturated carbocycles. The summed E-state index contributed by atoms with van der Waals surface area (Å²) in [5.41, 5.74) is 2.12. The molecule has 1 aromatic heterocycles. The molecule has 0 aliphatic heterocycles. The van der Waals surface area contributed by atoms with Crippen LogP contribution in [-0.4, -0.2) is 28.1 Å². The summed E-state index contributed by atoms with van der Waals surface area (Å²) in [5.74, 6) is -0.641. The van der Waals surface area contributed by atoms with Gasteiger partial charge in [0.15, 0.2) is 0 Å². The van der Waals surface area contributed by atoms with Crippen LogP contribution in [0.1, 0.15) is 33.3 Å². The molecule has 2 N–H and O–H groups in total. The summed E-state index contributed by atoms with van der Waals surface area (Å²) in [6, 6.07) is 7.35. The Hall–Kier alpha value is -2.28. The molecule has 0 saturated heterocycles. The minimum Gasteiger partial charge on any atom is -0.344 e. The average Bonchev–Trinajstić information content (AvgIpc) is 3.00. The Labute approximate surface area is 152 Å². The molecule has 134 valence electrons. The van der Waals surface area contributed by atoms with E-state index in [4.69, 9.17) is 0 Å². The minimum atomic E-state index is -0.610. The van der Waals surface area contributed by atoms with Crippen molar-refractivity contribution in [3.05, 3.63) is 29.8 Å². The van der Waals surface area contributed by atoms with Crippen LogP contribution in [0.5, 0.6) is 0 Å². The van der Waals surface area contributed by atoms with Gasteiger partial charge in [0, 0.05) is 11.5 Å². The quantitative estimate of drug-likeness (QED) is 0.828. The van der Waals surface area contributed by atoms with Gasteiger partial charge in [0.1, 0.15) is 11.0 Å². The summed E-state index contributed by atoms with van der Waals surface area (Å²) in [6.07, 6.45) is 0. The summed E-state index contributed by atoms with van der Waals surface area (Å²) in [7, 11) is 0. The molecule has 7 heteroatoms. The number of benzene rings is 1. The highest BCUT2D eigenvalue weighted by molar-refractivity contribution is 7.18. The first-order valence-corrected chi connectivity index (χ1v) is 9.11. The summed E-state index contributed by atoms with van der Waals surface area (Å²) < 4.78 is 0. The van der Waals surface area contributed by atoms with Gasteiger partial charge in [-0.2, -0.15) is 0 Å². The van der Waals surface area contributed by atoms with Crippen molar-refractivity contribution >= 4 is 28.3 Å². The second kappa shape index (κ2) is 8.20. The SMILES string of the molecule is Cc1ccc(-c2nnc(NC(=O)C(NC(=O)C(C)C)C(C)C)s2)cc1. The van der Waals surface area contributed by atoms with Gasteiger partial charge >= 0.3 is 0 Å². The van der Waals surface area contributed by atoms with E-state index < -0.39 is 6.04 Å². The molecule has 0 bridgehead atoms. The lowest BCUT2D eigenvalue weighted by Crippen LogP contribution is -2.48. The summed E-state index contributed by atoms with van der Waals surface area (Å²) in [6.45, 7) is 9.39. The van der Waals surface area contributed by atoms with Gasteiger partial charge in [-0.3, -0.25) is 14.9 Å². The number of nitrogens with one attached hydrogen (secondary N) is 2. The number of anilines is 1. The van der Waals surface area contributed by atoms with Gasteiger partial charge in [0.25, 0.3) is 0 Å². The van der Waals surface area contributed by atoms with Crippen LogP contribution in [0.25, 0.3) is 10.6 Å².